The van der Waals surface area contributed by atoms with Gasteiger partial charge in [0, 0.05) is 18.6 Å². The van der Waals surface area contributed by atoms with Crippen molar-refractivity contribution in [2.24, 2.45) is 0 Å². The van der Waals surface area contributed by atoms with Gasteiger partial charge in [0.2, 0.25) is 5.91 Å². The lowest BCUT2D eigenvalue weighted by Crippen LogP contribution is -2.39. The van der Waals surface area contributed by atoms with Crippen molar-refractivity contribution in [1.29, 1.82) is 0 Å². The Balaban J connectivity index is 1.63. The number of rotatable bonds is 4. The van der Waals surface area contributed by atoms with Crippen LogP contribution in [0.5, 0.6) is 0 Å². The fourth-order valence-electron chi connectivity index (χ4n) is 3.19. The molecule has 1 aliphatic rings. The van der Waals surface area contributed by atoms with E-state index in [-0.39, 0.29) is 17.3 Å². The minimum absolute atomic E-state index is 0.237. The molecule has 2 aromatic carbocycles. The summed E-state index contributed by atoms with van der Waals surface area (Å²) in [5.74, 6) is -0.288. The van der Waals surface area contributed by atoms with Crippen molar-refractivity contribution >= 4 is 32.4 Å². The smallest absolute Gasteiger partial charge is 0.265 e. The first-order chi connectivity index (χ1) is 12.5. The van der Waals surface area contributed by atoms with Gasteiger partial charge in [0.25, 0.3) is 10.0 Å². The quantitative estimate of drug-likeness (QED) is 0.710. The van der Waals surface area contributed by atoms with E-state index in [4.69, 9.17) is 0 Å². The molecule has 0 aliphatic carbocycles. The molecule has 0 radical (unpaired) electrons. The number of anilines is 1. The first-order valence-corrected chi connectivity index (χ1v) is 9.61. The van der Waals surface area contributed by atoms with Crippen molar-refractivity contribution in [3.8, 4) is 0 Å². The fraction of sp³-hybridized carbons (Fsp3) is 0.158. The fourth-order valence-corrected chi connectivity index (χ4v) is 4.85. The number of nitrogens with zero attached hydrogens (tertiary/aromatic N) is 3. The number of pyridine rings is 1. The molecule has 2 heterocycles. The lowest BCUT2D eigenvalue weighted by atomic mass is 10.1. The second-order valence-electron chi connectivity index (χ2n) is 6.21. The summed E-state index contributed by atoms with van der Waals surface area (Å²) < 4.78 is 27.0. The Morgan fingerprint density at radius 2 is 1.85 bits per heavy atom. The molecular formula is C19H17N3O3S. The predicted octanol–water partition coefficient (Wildman–Crippen LogP) is 2.40. The maximum Gasteiger partial charge on any atom is 0.265 e. The third-order valence-corrected chi connectivity index (χ3v) is 6.31. The van der Waals surface area contributed by atoms with Gasteiger partial charge in [0.1, 0.15) is 6.54 Å². The van der Waals surface area contributed by atoms with E-state index < -0.39 is 10.0 Å². The van der Waals surface area contributed by atoms with Gasteiger partial charge in [0.05, 0.1) is 22.8 Å². The van der Waals surface area contributed by atoms with Gasteiger partial charge in [-0.05, 0) is 29.7 Å². The average Bonchev–Trinajstić information content (AvgIpc) is 2.86. The van der Waals surface area contributed by atoms with Crippen LogP contribution in [0, 0.1) is 0 Å². The van der Waals surface area contributed by atoms with E-state index in [1.165, 1.54) is 9.21 Å². The predicted molar refractivity (Wildman–Crippen MR) is 99.2 cm³/mol. The molecule has 1 aromatic heterocycles. The molecule has 26 heavy (non-hydrogen) atoms. The highest BCUT2D eigenvalue weighted by Gasteiger charge is 2.37. The summed E-state index contributed by atoms with van der Waals surface area (Å²) in [7, 11) is -2.08. The zero-order valence-electron chi connectivity index (χ0n) is 14.2. The van der Waals surface area contributed by atoms with E-state index >= 15 is 0 Å². The second kappa shape index (κ2) is 6.10. The zero-order chi connectivity index (χ0) is 18.3. The first kappa shape index (κ1) is 16.5. The van der Waals surface area contributed by atoms with Crippen LogP contribution < -0.4 is 4.31 Å². The minimum atomic E-state index is -3.73. The molecule has 7 heteroatoms. The number of hydrogen-bond acceptors (Lipinski definition) is 4. The Kier molecular flexibility index (Phi) is 3.88. The number of sulfonamides is 1. The number of amides is 1. The van der Waals surface area contributed by atoms with Crippen LogP contribution in [-0.4, -0.2) is 37.8 Å². The van der Waals surface area contributed by atoms with Crippen molar-refractivity contribution in [3.05, 3.63) is 66.5 Å². The Labute approximate surface area is 151 Å². The van der Waals surface area contributed by atoms with E-state index in [1.807, 2.05) is 24.3 Å². The van der Waals surface area contributed by atoms with Crippen LogP contribution in [0.2, 0.25) is 0 Å². The van der Waals surface area contributed by atoms with Crippen molar-refractivity contribution in [2.75, 3.05) is 17.9 Å². The van der Waals surface area contributed by atoms with Gasteiger partial charge in [-0.1, -0.05) is 30.3 Å². The van der Waals surface area contributed by atoms with Crippen LogP contribution in [0.4, 0.5) is 5.69 Å². The SMILES string of the molecule is CN(Cc1ccccn1)C(=O)CN1c2cccc3cccc(c23)S1(=O)=O. The Hall–Kier alpha value is -2.93. The molecule has 1 amide bonds. The standard InChI is InChI=1S/C19H17N3O3S/c1-21(12-15-8-2-3-11-20-15)18(23)13-22-16-9-4-6-14-7-5-10-17(19(14)16)26(22,24)25/h2-11H,12-13H2,1H3. The van der Waals surface area contributed by atoms with Crippen LogP contribution in [0.15, 0.2) is 65.7 Å². The number of carbonyl (C=O) groups excluding carboxylic acids is 1. The molecule has 132 valence electrons. The highest BCUT2D eigenvalue weighted by molar-refractivity contribution is 7.93. The molecule has 3 aromatic rings. The van der Waals surface area contributed by atoms with E-state index in [0.717, 1.165) is 11.1 Å². The second-order valence-corrected chi connectivity index (χ2v) is 8.04. The van der Waals surface area contributed by atoms with E-state index in [0.29, 0.717) is 17.6 Å². The van der Waals surface area contributed by atoms with E-state index in [1.54, 1.807) is 43.6 Å². The Morgan fingerprint density at radius 1 is 1.08 bits per heavy atom. The summed E-state index contributed by atoms with van der Waals surface area (Å²) in [6.45, 7) is 0.0875. The van der Waals surface area contributed by atoms with Crippen molar-refractivity contribution in [3.63, 3.8) is 0 Å². The number of carbonyl (C=O) groups is 1. The molecule has 0 spiro atoms. The molecule has 0 unspecified atom stereocenters. The minimum Gasteiger partial charge on any atom is -0.338 e. The molecule has 4 rings (SSSR count). The third kappa shape index (κ3) is 2.61. The largest absolute Gasteiger partial charge is 0.338 e. The summed E-state index contributed by atoms with van der Waals surface area (Å²) in [5.41, 5.74) is 1.30. The Bertz CT molecular complexity index is 1090. The molecule has 1 aliphatic heterocycles. The van der Waals surface area contributed by atoms with E-state index in [9.17, 15) is 13.2 Å². The first-order valence-electron chi connectivity index (χ1n) is 8.17. The Morgan fingerprint density at radius 3 is 2.58 bits per heavy atom. The number of benzene rings is 2. The van der Waals surface area contributed by atoms with Crippen molar-refractivity contribution in [2.45, 2.75) is 11.4 Å². The summed E-state index contributed by atoms with van der Waals surface area (Å²) >= 11 is 0. The normalized spacial score (nSPS) is 14.6. The summed E-state index contributed by atoms with van der Waals surface area (Å²) in [5, 5.41) is 1.52. The summed E-state index contributed by atoms with van der Waals surface area (Å²) in [6.07, 6.45) is 1.66. The molecule has 6 nitrogen and oxygen atoms in total. The monoisotopic (exact) mass is 367 g/mol. The topological polar surface area (TPSA) is 70.6 Å². The van der Waals surface area contributed by atoms with E-state index in [2.05, 4.69) is 4.98 Å². The number of aromatic nitrogens is 1. The lowest BCUT2D eigenvalue weighted by molar-refractivity contribution is -0.128. The van der Waals surface area contributed by atoms with Gasteiger partial charge in [0.15, 0.2) is 0 Å². The molecule has 0 atom stereocenters. The average molecular weight is 367 g/mol. The summed E-state index contributed by atoms with van der Waals surface area (Å²) in [4.78, 5) is 18.6. The molecule has 0 fully saturated rings. The number of hydrogen-bond donors (Lipinski definition) is 0. The third-order valence-electron chi connectivity index (χ3n) is 4.51. The molecular weight excluding hydrogens is 350 g/mol. The van der Waals surface area contributed by atoms with Crippen LogP contribution in [0.25, 0.3) is 10.8 Å². The van der Waals surface area contributed by atoms with Crippen LogP contribution in [0.3, 0.4) is 0 Å². The van der Waals surface area contributed by atoms with Crippen LogP contribution in [0.1, 0.15) is 5.69 Å². The zero-order valence-corrected chi connectivity index (χ0v) is 15.0. The van der Waals surface area contributed by atoms with Gasteiger partial charge in [-0.2, -0.15) is 0 Å². The van der Waals surface area contributed by atoms with Gasteiger partial charge in [-0.3, -0.25) is 14.1 Å². The van der Waals surface area contributed by atoms with Crippen LogP contribution >= 0.6 is 0 Å². The number of likely N-dealkylation sites (N-methyl/N-ethyl adjacent to an activating group) is 1. The van der Waals surface area contributed by atoms with Gasteiger partial charge >= 0.3 is 0 Å². The maximum atomic E-state index is 12.9. The molecule has 0 saturated carbocycles. The maximum absolute atomic E-state index is 12.9. The highest BCUT2D eigenvalue weighted by Crippen LogP contribution is 2.41. The van der Waals surface area contributed by atoms with Crippen molar-refractivity contribution < 1.29 is 13.2 Å². The molecule has 0 N–H and O–H groups in total. The highest BCUT2D eigenvalue weighted by atomic mass is 32.2. The van der Waals surface area contributed by atoms with Gasteiger partial charge < -0.3 is 4.90 Å². The van der Waals surface area contributed by atoms with Gasteiger partial charge in [-0.15, -0.1) is 0 Å². The lowest BCUT2D eigenvalue weighted by Gasteiger charge is -2.22. The molecule has 0 bridgehead atoms. The van der Waals surface area contributed by atoms with Gasteiger partial charge in [-0.25, -0.2) is 8.42 Å². The van der Waals surface area contributed by atoms with Crippen LogP contribution in [-0.2, 0) is 21.4 Å². The molecule has 0 saturated heterocycles. The van der Waals surface area contributed by atoms with Crippen molar-refractivity contribution in [1.82, 2.24) is 9.88 Å². The summed E-state index contributed by atoms with van der Waals surface area (Å²) in [6, 6.07) is 16.1.